The van der Waals surface area contributed by atoms with Crippen molar-refractivity contribution in [2.24, 2.45) is 5.92 Å². The van der Waals surface area contributed by atoms with Gasteiger partial charge in [0.15, 0.2) is 0 Å². The van der Waals surface area contributed by atoms with Crippen molar-refractivity contribution >= 4 is 30.0 Å². The molecule has 0 saturated carbocycles. The van der Waals surface area contributed by atoms with Gasteiger partial charge in [-0.05, 0) is 44.5 Å². The van der Waals surface area contributed by atoms with Crippen LogP contribution in [0.2, 0.25) is 5.02 Å². The smallest absolute Gasteiger partial charge is 0.306 e. The maximum absolute atomic E-state index is 10.9. The lowest BCUT2D eigenvalue weighted by Gasteiger charge is -2.35. The summed E-state index contributed by atoms with van der Waals surface area (Å²) in [6.07, 6.45) is 1.45. The van der Waals surface area contributed by atoms with E-state index in [2.05, 4.69) is 11.8 Å². The number of hydrogen-bond donors (Lipinski definition) is 1. The fraction of sp³-hybridized carbons (Fsp3) is 0.500. The number of nitrogens with zero attached hydrogens (tertiary/aromatic N) is 1. The van der Waals surface area contributed by atoms with Gasteiger partial charge in [0.05, 0.1) is 5.92 Å². The van der Waals surface area contributed by atoms with E-state index in [0.717, 1.165) is 36.5 Å². The summed E-state index contributed by atoms with van der Waals surface area (Å²) in [6, 6.07) is 8.10. The molecule has 0 aliphatic carbocycles. The van der Waals surface area contributed by atoms with Crippen LogP contribution in [-0.4, -0.2) is 29.1 Å². The second-order valence-electron chi connectivity index (χ2n) is 4.85. The fourth-order valence-corrected chi connectivity index (χ4v) is 2.84. The van der Waals surface area contributed by atoms with Gasteiger partial charge >= 0.3 is 5.97 Å². The number of aliphatic carboxylic acids is 1. The number of rotatable bonds is 3. The normalized spacial score (nSPS) is 18.6. The number of carboxylic acids is 1. The van der Waals surface area contributed by atoms with Crippen LogP contribution in [0.5, 0.6) is 0 Å². The molecule has 1 saturated heterocycles. The van der Waals surface area contributed by atoms with E-state index in [4.69, 9.17) is 16.7 Å². The molecule has 0 radical (unpaired) electrons. The highest BCUT2D eigenvalue weighted by molar-refractivity contribution is 6.31. The third-order valence-electron chi connectivity index (χ3n) is 3.78. The lowest BCUT2D eigenvalue weighted by Crippen LogP contribution is -2.37. The van der Waals surface area contributed by atoms with Crippen LogP contribution in [-0.2, 0) is 4.79 Å². The van der Waals surface area contributed by atoms with Crippen molar-refractivity contribution in [3.8, 4) is 0 Å². The standard InChI is InChI=1S/C14H18ClNO2.ClH/c1-10(12-4-2-3-5-13(12)15)16-8-6-11(7-9-16)14(17)18;/h2-5,10-11H,6-9H2,1H3,(H,17,18);1H. The summed E-state index contributed by atoms with van der Waals surface area (Å²) < 4.78 is 0. The van der Waals surface area contributed by atoms with E-state index in [1.807, 2.05) is 24.3 Å². The third kappa shape index (κ3) is 3.85. The number of benzene rings is 1. The minimum absolute atomic E-state index is 0. The molecule has 2 rings (SSSR count). The largest absolute Gasteiger partial charge is 0.481 e. The second-order valence-corrected chi connectivity index (χ2v) is 5.25. The van der Waals surface area contributed by atoms with E-state index >= 15 is 0 Å². The molecule has 1 heterocycles. The molecule has 1 atom stereocenters. The van der Waals surface area contributed by atoms with E-state index in [9.17, 15) is 4.79 Å². The SMILES string of the molecule is CC(c1ccccc1Cl)N1CCC(C(=O)O)CC1.Cl. The van der Waals surface area contributed by atoms with Crippen LogP contribution in [0.15, 0.2) is 24.3 Å². The maximum Gasteiger partial charge on any atom is 0.306 e. The topological polar surface area (TPSA) is 40.5 Å². The third-order valence-corrected chi connectivity index (χ3v) is 4.13. The number of hydrogen-bond acceptors (Lipinski definition) is 2. The molecule has 1 N–H and O–H groups in total. The van der Waals surface area contributed by atoms with E-state index < -0.39 is 5.97 Å². The summed E-state index contributed by atoms with van der Waals surface area (Å²) in [5.41, 5.74) is 1.12. The maximum atomic E-state index is 10.9. The summed E-state index contributed by atoms with van der Waals surface area (Å²) in [4.78, 5) is 13.2. The summed E-state index contributed by atoms with van der Waals surface area (Å²) in [5, 5.41) is 9.77. The highest BCUT2D eigenvalue weighted by Crippen LogP contribution is 2.30. The molecule has 0 amide bonds. The minimum Gasteiger partial charge on any atom is -0.481 e. The first-order valence-electron chi connectivity index (χ1n) is 6.31. The Morgan fingerprint density at radius 2 is 1.95 bits per heavy atom. The molecule has 1 fully saturated rings. The predicted octanol–water partition coefficient (Wildman–Crippen LogP) is 3.62. The van der Waals surface area contributed by atoms with Crippen molar-refractivity contribution in [1.82, 2.24) is 4.90 Å². The predicted molar refractivity (Wildman–Crippen MR) is 79.0 cm³/mol. The highest BCUT2D eigenvalue weighted by atomic mass is 35.5. The summed E-state index contributed by atoms with van der Waals surface area (Å²) in [5.74, 6) is -0.847. The van der Waals surface area contributed by atoms with Crippen molar-refractivity contribution in [1.29, 1.82) is 0 Å². The Bertz CT molecular complexity index is 431. The van der Waals surface area contributed by atoms with Crippen molar-refractivity contribution < 1.29 is 9.90 Å². The van der Waals surface area contributed by atoms with Crippen LogP contribution in [0.25, 0.3) is 0 Å². The van der Waals surface area contributed by atoms with Gasteiger partial charge in [-0.3, -0.25) is 9.69 Å². The Kier molecular flexibility index (Phi) is 6.11. The van der Waals surface area contributed by atoms with Crippen molar-refractivity contribution in [3.05, 3.63) is 34.9 Å². The Labute approximate surface area is 125 Å². The number of likely N-dealkylation sites (tertiary alicyclic amines) is 1. The van der Waals surface area contributed by atoms with Crippen LogP contribution in [0, 0.1) is 5.92 Å². The zero-order valence-corrected chi connectivity index (χ0v) is 12.5. The Morgan fingerprint density at radius 3 is 2.47 bits per heavy atom. The van der Waals surface area contributed by atoms with Gasteiger partial charge in [-0.15, -0.1) is 12.4 Å². The molecule has 0 bridgehead atoms. The van der Waals surface area contributed by atoms with Gasteiger partial charge in [0.1, 0.15) is 0 Å². The molecular weight excluding hydrogens is 285 g/mol. The van der Waals surface area contributed by atoms with Gasteiger partial charge < -0.3 is 5.11 Å². The van der Waals surface area contributed by atoms with Gasteiger partial charge in [-0.25, -0.2) is 0 Å². The second kappa shape index (κ2) is 7.13. The first-order valence-corrected chi connectivity index (χ1v) is 6.68. The van der Waals surface area contributed by atoms with Crippen LogP contribution < -0.4 is 0 Å². The molecule has 3 nitrogen and oxygen atoms in total. The number of halogens is 2. The van der Waals surface area contributed by atoms with E-state index in [0.29, 0.717) is 0 Å². The Hall–Kier alpha value is -0.770. The minimum atomic E-state index is -0.667. The lowest BCUT2D eigenvalue weighted by molar-refractivity contribution is -0.143. The van der Waals surface area contributed by atoms with E-state index in [1.54, 1.807) is 0 Å². The van der Waals surface area contributed by atoms with Crippen LogP contribution >= 0.6 is 24.0 Å². The van der Waals surface area contributed by atoms with E-state index in [1.165, 1.54) is 0 Å². The molecule has 1 aromatic carbocycles. The molecule has 0 spiro atoms. The highest BCUT2D eigenvalue weighted by Gasteiger charge is 2.27. The molecule has 106 valence electrons. The molecule has 1 unspecified atom stereocenters. The summed E-state index contributed by atoms with van der Waals surface area (Å²) in [7, 11) is 0. The number of piperidine rings is 1. The molecule has 1 aliphatic heterocycles. The molecule has 1 aliphatic rings. The van der Waals surface area contributed by atoms with E-state index in [-0.39, 0.29) is 24.4 Å². The number of carboxylic acid groups (broad SMARTS) is 1. The van der Waals surface area contributed by atoms with Gasteiger partial charge in [0, 0.05) is 11.1 Å². The number of carbonyl (C=O) groups is 1. The van der Waals surface area contributed by atoms with Crippen LogP contribution in [0.3, 0.4) is 0 Å². The molecule has 5 heteroatoms. The van der Waals surface area contributed by atoms with Crippen molar-refractivity contribution in [2.45, 2.75) is 25.8 Å². The monoisotopic (exact) mass is 303 g/mol. The van der Waals surface area contributed by atoms with Crippen molar-refractivity contribution in [3.63, 3.8) is 0 Å². The van der Waals surface area contributed by atoms with Crippen molar-refractivity contribution in [2.75, 3.05) is 13.1 Å². The summed E-state index contributed by atoms with van der Waals surface area (Å²) >= 11 is 6.20. The first-order chi connectivity index (χ1) is 8.59. The van der Waals surface area contributed by atoms with Crippen LogP contribution in [0.4, 0.5) is 0 Å². The average molecular weight is 304 g/mol. The van der Waals surface area contributed by atoms with Gasteiger partial charge in [0.25, 0.3) is 0 Å². The van der Waals surface area contributed by atoms with Gasteiger partial charge in [-0.2, -0.15) is 0 Å². The molecule has 19 heavy (non-hydrogen) atoms. The first kappa shape index (κ1) is 16.3. The quantitative estimate of drug-likeness (QED) is 0.927. The molecule has 0 aromatic heterocycles. The zero-order chi connectivity index (χ0) is 13.1. The lowest BCUT2D eigenvalue weighted by atomic mass is 9.95. The van der Waals surface area contributed by atoms with Gasteiger partial charge in [0.2, 0.25) is 0 Å². The molecular formula is C14H19Cl2NO2. The Morgan fingerprint density at radius 1 is 1.37 bits per heavy atom. The van der Waals surface area contributed by atoms with Crippen LogP contribution in [0.1, 0.15) is 31.4 Å². The zero-order valence-electron chi connectivity index (χ0n) is 10.9. The average Bonchev–Trinajstić information content (AvgIpc) is 2.38. The Balaban J connectivity index is 0.00000180. The summed E-state index contributed by atoms with van der Waals surface area (Å²) in [6.45, 7) is 3.77. The van der Waals surface area contributed by atoms with Gasteiger partial charge in [-0.1, -0.05) is 29.8 Å². The fourth-order valence-electron chi connectivity index (χ4n) is 2.54. The molecule has 1 aromatic rings.